The third-order valence-electron chi connectivity index (χ3n) is 3.84. The third kappa shape index (κ3) is 3.88. The normalized spacial score (nSPS) is 17.9. The predicted molar refractivity (Wildman–Crippen MR) is 85.7 cm³/mol. The number of allylic oxidation sites excluding steroid dienone is 1. The van der Waals surface area contributed by atoms with E-state index in [2.05, 4.69) is 31.9 Å². The van der Waals surface area contributed by atoms with E-state index in [-0.39, 0.29) is 0 Å². The molecule has 1 aliphatic rings. The lowest BCUT2D eigenvalue weighted by atomic mass is 9.73. The van der Waals surface area contributed by atoms with Crippen LogP contribution in [0.2, 0.25) is 5.02 Å². The third-order valence-corrected chi connectivity index (χ3v) is 4.09. The first-order valence-corrected chi connectivity index (χ1v) is 7.38. The van der Waals surface area contributed by atoms with Crippen LogP contribution >= 0.6 is 11.6 Å². The standard InChI is InChI=1S/C18H21ClO/c1-4-11-20-13-15-9-10-18(2,3)12-17(15)14-5-7-16(19)8-6-14/h1,5-8H,9-13H2,2-3H3. The van der Waals surface area contributed by atoms with Crippen LogP contribution < -0.4 is 0 Å². The number of terminal acetylenes is 1. The lowest BCUT2D eigenvalue weighted by molar-refractivity contribution is 0.184. The summed E-state index contributed by atoms with van der Waals surface area (Å²) in [5.41, 5.74) is 4.36. The van der Waals surface area contributed by atoms with Gasteiger partial charge in [0.1, 0.15) is 6.61 Å². The largest absolute Gasteiger partial charge is 0.364 e. The van der Waals surface area contributed by atoms with Gasteiger partial charge in [-0.05, 0) is 53.5 Å². The van der Waals surface area contributed by atoms with E-state index in [1.807, 2.05) is 12.1 Å². The molecule has 1 aromatic rings. The summed E-state index contributed by atoms with van der Waals surface area (Å²) >= 11 is 5.98. The first-order valence-electron chi connectivity index (χ1n) is 7.00. The van der Waals surface area contributed by atoms with Crippen LogP contribution in [0.1, 0.15) is 38.7 Å². The minimum Gasteiger partial charge on any atom is -0.364 e. The number of hydrogen-bond acceptors (Lipinski definition) is 1. The summed E-state index contributed by atoms with van der Waals surface area (Å²) in [6, 6.07) is 8.09. The summed E-state index contributed by atoms with van der Waals surface area (Å²) in [5.74, 6) is 2.52. The molecular formula is C18H21ClO. The fourth-order valence-electron chi connectivity index (χ4n) is 2.68. The highest BCUT2D eigenvalue weighted by atomic mass is 35.5. The number of ether oxygens (including phenoxy) is 1. The number of hydrogen-bond donors (Lipinski definition) is 0. The van der Waals surface area contributed by atoms with E-state index < -0.39 is 0 Å². The zero-order valence-corrected chi connectivity index (χ0v) is 13.0. The molecule has 0 bridgehead atoms. The minimum absolute atomic E-state index is 0.338. The average molecular weight is 289 g/mol. The van der Waals surface area contributed by atoms with Gasteiger partial charge in [0.2, 0.25) is 0 Å². The van der Waals surface area contributed by atoms with Crippen molar-refractivity contribution in [2.45, 2.75) is 33.1 Å². The summed E-state index contributed by atoms with van der Waals surface area (Å²) < 4.78 is 5.55. The van der Waals surface area contributed by atoms with Crippen molar-refractivity contribution in [1.82, 2.24) is 0 Å². The van der Waals surface area contributed by atoms with Gasteiger partial charge >= 0.3 is 0 Å². The topological polar surface area (TPSA) is 9.23 Å². The van der Waals surface area contributed by atoms with E-state index >= 15 is 0 Å². The molecule has 20 heavy (non-hydrogen) atoms. The fraction of sp³-hybridized carbons (Fsp3) is 0.444. The highest BCUT2D eigenvalue weighted by Gasteiger charge is 2.27. The summed E-state index contributed by atoms with van der Waals surface area (Å²) in [4.78, 5) is 0. The van der Waals surface area contributed by atoms with Crippen molar-refractivity contribution >= 4 is 17.2 Å². The van der Waals surface area contributed by atoms with E-state index in [1.54, 1.807) is 0 Å². The molecular weight excluding hydrogens is 268 g/mol. The van der Waals surface area contributed by atoms with Crippen LogP contribution in [0.5, 0.6) is 0 Å². The molecule has 1 aliphatic carbocycles. The first kappa shape index (κ1) is 15.2. The van der Waals surface area contributed by atoms with E-state index in [0.29, 0.717) is 18.6 Å². The molecule has 0 fully saturated rings. The van der Waals surface area contributed by atoms with Gasteiger partial charge in [0.15, 0.2) is 0 Å². The molecule has 0 spiro atoms. The van der Waals surface area contributed by atoms with E-state index in [4.69, 9.17) is 22.8 Å². The van der Waals surface area contributed by atoms with Crippen molar-refractivity contribution < 1.29 is 4.74 Å². The van der Waals surface area contributed by atoms with Crippen LogP contribution in [0.15, 0.2) is 29.8 Å². The second-order valence-electron chi connectivity index (χ2n) is 6.13. The quantitative estimate of drug-likeness (QED) is 0.562. The lowest BCUT2D eigenvalue weighted by Crippen LogP contribution is -2.20. The second-order valence-corrected chi connectivity index (χ2v) is 6.56. The van der Waals surface area contributed by atoms with Crippen molar-refractivity contribution in [2.75, 3.05) is 13.2 Å². The van der Waals surface area contributed by atoms with E-state index in [1.165, 1.54) is 23.1 Å². The van der Waals surface area contributed by atoms with Crippen LogP contribution in [0.4, 0.5) is 0 Å². The van der Waals surface area contributed by atoms with Gasteiger partial charge < -0.3 is 4.74 Å². The van der Waals surface area contributed by atoms with Gasteiger partial charge in [-0.3, -0.25) is 0 Å². The van der Waals surface area contributed by atoms with Gasteiger partial charge in [-0.15, -0.1) is 6.42 Å². The zero-order valence-electron chi connectivity index (χ0n) is 12.2. The average Bonchev–Trinajstić information content (AvgIpc) is 2.41. The molecule has 0 aliphatic heterocycles. The lowest BCUT2D eigenvalue weighted by Gasteiger charge is -2.33. The summed E-state index contributed by atoms with van der Waals surface area (Å²) in [7, 11) is 0. The van der Waals surface area contributed by atoms with E-state index in [0.717, 1.165) is 17.9 Å². The smallest absolute Gasteiger partial charge is 0.107 e. The van der Waals surface area contributed by atoms with Crippen molar-refractivity contribution in [2.24, 2.45) is 5.41 Å². The van der Waals surface area contributed by atoms with Gasteiger partial charge in [-0.2, -0.15) is 0 Å². The number of benzene rings is 1. The molecule has 1 aromatic carbocycles. The molecule has 1 nitrogen and oxygen atoms in total. The predicted octanol–water partition coefficient (Wildman–Crippen LogP) is 4.95. The Morgan fingerprint density at radius 2 is 2.00 bits per heavy atom. The van der Waals surface area contributed by atoms with E-state index in [9.17, 15) is 0 Å². The molecule has 2 heteroatoms. The molecule has 0 heterocycles. The Labute approximate surface area is 127 Å². The van der Waals surface area contributed by atoms with Crippen molar-refractivity contribution in [1.29, 1.82) is 0 Å². The number of rotatable bonds is 4. The first-order chi connectivity index (χ1) is 9.52. The second kappa shape index (κ2) is 6.48. The van der Waals surface area contributed by atoms with Gasteiger partial charge in [0.05, 0.1) is 6.61 Å². The zero-order chi connectivity index (χ0) is 14.6. The van der Waals surface area contributed by atoms with Crippen molar-refractivity contribution in [3.8, 4) is 12.3 Å². The van der Waals surface area contributed by atoms with Gasteiger partial charge in [0.25, 0.3) is 0 Å². The molecule has 0 aromatic heterocycles. The molecule has 0 amide bonds. The molecule has 0 atom stereocenters. The Bertz CT molecular complexity index is 532. The van der Waals surface area contributed by atoms with Crippen molar-refractivity contribution in [3.05, 3.63) is 40.4 Å². The molecule has 106 valence electrons. The highest BCUT2D eigenvalue weighted by molar-refractivity contribution is 6.30. The van der Waals surface area contributed by atoms with Crippen LogP contribution in [-0.2, 0) is 4.74 Å². The molecule has 0 saturated heterocycles. The maximum Gasteiger partial charge on any atom is 0.107 e. The molecule has 0 unspecified atom stereocenters. The maximum absolute atomic E-state index is 5.98. The van der Waals surface area contributed by atoms with Gasteiger partial charge in [-0.25, -0.2) is 0 Å². The van der Waals surface area contributed by atoms with Crippen LogP contribution in [0, 0.1) is 17.8 Å². The Morgan fingerprint density at radius 3 is 2.65 bits per heavy atom. The maximum atomic E-state index is 5.98. The van der Waals surface area contributed by atoms with Crippen LogP contribution in [0.25, 0.3) is 5.57 Å². The summed E-state index contributed by atoms with van der Waals surface area (Å²) in [6.45, 7) is 5.66. The molecule has 0 radical (unpaired) electrons. The Balaban J connectivity index is 2.28. The van der Waals surface area contributed by atoms with Gasteiger partial charge in [0, 0.05) is 5.02 Å². The Hall–Kier alpha value is -1.23. The monoisotopic (exact) mass is 288 g/mol. The molecule has 2 rings (SSSR count). The van der Waals surface area contributed by atoms with Crippen LogP contribution in [-0.4, -0.2) is 13.2 Å². The SMILES string of the molecule is C#CCOCC1=C(c2ccc(Cl)cc2)CC(C)(C)CC1. The van der Waals surface area contributed by atoms with Crippen molar-refractivity contribution in [3.63, 3.8) is 0 Å². The fourth-order valence-corrected chi connectivity index (χ4v) is 2.81. The van der Waals surface area contributed by atoms with Gasteiger partial charge in [-0.1, -0.05) is 43.5 Å². The number of halogens is 1. The Kier molecular flexibility index (Phi) is 4.91. The van der Waals surface area contributed by atoms with Crippen LogP contribution in [0.3, 0.4) is 0 Å². The summed E-state index contributed by atoms with van der Waals surface area (Å²) in [5, 5.41) is 0.773. The Morgan fingerprint density at radius 1 is 1.30 bits per heavy atom. The molecule has 0 N–H and O–H groups in total. The minimum atomic E-state index is 0.338. The molecule has 0 saturated carbocycles. The highest BCUT2D eigenvalue weighted by Crippen LogP contribution is 2.43. The summed E-state index contributed by atoms with van der Waals surface area (Å²) in [6.07, 6.45) is 8.59.